The van der Waals surface area contributed by atoms with E-state index < -0.39 is 60.2 Å². The van der Waals surface area contributed by atoms with E-state index in [0.717, 1.165) is 0 Å². The predicted octanol–water partition coefficient (Wildman–Crippen LogP) is 3.95. The zero-order valence-corrected chi connectivity index (χ0v) is 11.9. The van der Waals surface area contributed by atoms with Crippen LogP contribution in [0.1, 0.15) is 25.7 Å². The Morgan fingerprint density at radius 2 is 1.52 bits per heavy atom. The summed E-state index contributed by atoms with van der Waals surface area (Å²) in [5.41, 5.74) is 0. The number of hydrogen-bond donors (Lipinski definition) is 1. The molecule has 0 aromatic carbocycles. The van der Waals surface area contributed by atoms with Crippen molar-refractivity contribution in [2.24, 2.45) is 5.92 Å². The third kappa shape index (κ3) is 5.09. The molecule has 0 bridgehead atoms. The van der Waals surface area contributed by atoms with E-state index in [-0.39, 0.29) is 12.8 Å². The fourth-order valence-corrected chi connectivity index (χ4v) is 2.33. The van der Waals surface area contributed by atoms with Gasteiger partial charge in [-0.2, -0.15) is 26.3 Å². The minimum atomic E-state index is -5.77. The van der Waals surface area contributed by atoms with Crippen molar-refractivity contribution in [1.29, 1.82) is 0 Å². The predicted molar refractivity (Wildman–Crippen MR) is 60.2 cm³/mol. The first-order valence-corrected chi connectivity index (χ1v) is 6.85. The van der Waals surface area contributed by atoms with Crippen LogP contribution in [0.4, 0.5) is 30.7 Å². The molecule has 5 nitrogen and oxygen atoms in total. The molecule has 0 aromatic rings. The van der Waals surface area contributed by atoms with Crippen LogP contribution in [0.25, 0.3) is 0 Å². The summed E-state index contributed by atoms with van der Waals surface area (Å²) >= 11 is -1.19. The van der Waals surface area contributed by atoms with Gasteiger partial charge in [0, 0.05) is 0 Å². The minimum absolute atomic E-state index is 0.355. The third-order valence-corrected chi connectivity index (χ3v) is 3.97. The molecule has 136 valence electrons. The minimum Gasteiger partial charge on any atom is -0.459 e. The van der Waals surface area contributed by atoms with Gasteiger partial charge < -0.3 is 4.74 Å². The van der Waals surface area contributed by atoms with Gasteiger partial charge in [0.15, 0.2) is 0 Å². The summed E-state index contributed by atoms with van der Waals surface area (Å²) in [6.45, 7) is 0. The summed E-state index contributed by atoms with van der Waals surface area (Å²) in [6, 6.07) is 0. The van der Waals surface area contributed by atoms with Gasteiger partial charge in [0.05, 0.1) is 18.0 Å². The molecular formula is C10H11F7O5S. The fourth-order valence-electron chi connectivity index (χ4n) is 1.99. The number of hydrogen-bond acceptors (Lipinski definition) is 6. The van der Waals surface area contributed by atoms with Crippen molar-refractivity contribution in [2.45, 2.75) is 49.1 Å². The van der Waals surface area contributed by atoms with Gasteiger partial charge in [0.2, 0.25) is 0 Å². The maximum Gasteiger partial charge on any atom is 0.446 e. The Labute approximate surface area is 129 Å². The SMILES string of the molecule is O=C(OC1CCC(C(F)(F)F)CC1)C(F)(SOOO)C(F)(F)F. The van der Waals surface area contributed by atoms with E-state index in [1.807, 2.05) is 0 Å². The zero-order chi connectivity index (χ0) is 17.9. The lowest BCUT2D eigenvalue weighted by Gasteiger charge is -2.31. The molecular weight excluding hydrogens is 365 g/mol. The third-order valence-electron chi connectivity index (χ3n) is 3.22. The Morgan fingerprint density at radius 3 is 1.91 bits per heavy atom. The average Bonchev–Trinajstić information content (AvgIpc) is 2.43. The Balaban J connectivity index is 2.67. The van der Waals surface area contributed by atoms with Crippen LogP contribution < -0.4 is 0 Å². The van der Waals surface area contributed by atoms with Gasteiger partial charge >= 0.3 is 23.3 Å². The van der Waals surface area contributed by atoms with E-state index in [1.165, 1.54) is 0 Å². The van der Waals surface area contributed by atoms with Crippen molar-refractivity contribution < 1.29 is 54.9 Å². The van der Waals surface area contributed by atoms with E-state index in [1.54, 1.807) is 0 Å². The molecule has 0 radical (unpaired) electrons. The molecule has 1 saturated carbocycles. The van der Waals surface area contributed by atoms with Gasteiger partial charge in [-0.25, -0.2) is 14.4 Å². The van der Waals surface area contributed by atoms with Crippen molar-refractivity contribution in [3.8, 4) is 0 Å². The van der Waals surface area contributed by atoms with Gasteiger partial charge in [-0.1, -0.05) is 5.04 Å². The molecule has 0 saturated heterocycles. The van der Waals surface area contributed by atoms with E-state index in [4.69, 9.17) is 5.26 Å². The molecule has 23 heavy (non-hydrogen) atoms. The molecule has 1 aliphatic rings. The molecule has 1 unspecified atom stereocenters. The second-order valence-electron chi connectivity index (χ2n) is 4.74. The Kier molecular flexibility index (Phi) is 6.52. The van der Waals surface area contributed by atoms with Crippen LogP contribution in [-0.4, -0.2) is 34.7 Å². The first kappa shape index (κ1) is 20.3. The molecule has 1 fully saturated rings. The van der Waals surface area contributed by atoms with Gasteiger partial charge in [-0.05, 0) is 25.7 Å². The van der Waals surface area contributed by atoms with E-state index in [9.17, 15) is 35.5 Å². The van der Waals surface area contributed by atoms with Crippen LogP contribution in [0, 0.1) is 5.92 Å². The number of ether oxygens (including phenoxy) is 1. The molecule has 0 heterocycles. The molecule has 1 rings (SSSR count). The van der Waals surface area contributed by atoms with Crippen molar-refractivity contribution in [2.75, 3.05) is 0 Å². The van der Waals surface area contributed by atoms with E-state index >= 15 is 0 Å². The number of halogens is 7. The molecule has 0 spiro atoms. The van der Waals surface area contributed by atoms with Gasteiger partial charge in [0.25, 0.3) is 0 Å². The molecule has 0 aromatic heterocycles. The molecule has 13 heteroatoms. The normalized spacial score (nSPS) is 25.7. The smallest absolute Gasteiger partial charge is 0.446 e. The lowest BCUT2D eigenvalue weighted by atomic mass is 9.87. The van der Waals surface area contributed by atoms with Crippen molar-refractivity contribution in [3.05, 3.63) is 0 Å². The quantitative estimate of drug-likeness (QED) is 0.258. The Morgan fingerprint density at radius 1 is 1.00 bits per heavy atom. The highest BCUT2D eigenvalue weighted by molar-refractivity contribution is 7.96. The van der Waals surface area contributed by atoms with Crippen molar-refractivity contribution in [1.82, 2.24) is 0 Å². The number of esters is 1. The van der Waals surface area contributed by atoms with Crippen molar-refractivity contribution >= 4 is 18.0 Å². The topological polar surface area (TPSA) is 65.0 Å². The number of carbonyl (C=O) groups is 1. The van der Waals surface area contributed by atoms with E-state index in [2.05, 4.69) is 14.1 Å². The summed E-state index contributed by atoms with van der Waals surface area (Å²) in [5.74, 6) is -4.04. The van der Waals surface area contributed by atoms with Crippen LogP contribution in [0.3, 0.4) is 0 Å². The maximum atomic E-state index is 13.8. The van der Waals surface area contributed by atoms with Crippen LogP contribution in [0.5, 0.6) is 0 Å². The number of rotatable bonds is 5. The first-order valence-electron chi connectivity index (χ1n) is 6.11. The maximum absolute atomic E-state index is 13.8. The summed E-state index contributed by atoms with van der Waals surface area (Å²) in [6.07, 6.45) is -13.1. The molecule has 1 N–H and O–H groups in total. The highest BCUT2D eigenvalue weighted by atomic mass is 32.2. The fraction of sp³-hybridized carbons (Fsp3) is 0.900. The number of alkyl halides is 7. The first-order chi connectivity index (χ1) is 10.4. The largest absolute Gasteiger partial charge is 0.459 e. The molecule has 0 aliphatic heterocycles. The van der Waals surface area contributed by atoms with Crippen molar-refractivity contribution in [3.63, 3.8) is 0 Å². The van der Waals surface area contributed by atoms with Gasteiger partial charge in [-0.15, -0.1) is 4.33 Å². The second-order valence-corrected chi connectivity index (χ2v) is 5.60. The zero-order valence-electron chi connectivity index (χ0n) is 11.1. The highest BCUT2D eigenvalue weighted by Crippen LogP contribution is 2.45. The number of carbonyl (C=O) groups excluding carboxylic acids is 1. The summed E-state index contributed by atoms with van der Waals surface area (Å²) in [5, 5.41) is 5.88. The average molecular weight is 376 g/mol. The lowest BCUT2D eigenvalue weighted by Crippen LogP contribution is -2.48. The van der Waals surface area contributed by atoms with Crippen LogP contribution in [0.15, 0.2) is 0 Å². The summed E-state index contributed by atoms with van der Waals surface area (Å²) in [4.78, 5) is 11.4. The second kappa shape index (κ2) is 7.40. The summed E-state index contributed by atoms with van der Waals surface area (Å²) < 4.78 is 96.5. The van der Waals surface area contributed by atoms with Gasteiger partial charge in [-0.3, -0.25) is 0 Å². The van der Waals surface area contributed by atoms with Crippen LogP contribution in [0.2, 0.25) is 0 Å². The summed E-state index contributed by atoms with van der Waals surface area (Å²) in [7, 11) is 0. The Bertz CT molecular complexity index is 407. The Hall–Kier alpha value is -0.790. The standard InChI is InChI=1S/C10H11F7O5S/c11-8(10(15,16)17,23-22-21-19)7(18)20-6-3-1-5(2-4-6)9(12,13)14/h5-6,19H,1-4H2. The molecule has 0 amide bonds. The molecule has 1 atom stereocenters. The highest BCUT2D eigenvalue weighted by Gasteiger charge is 2.66. The van der Waals surface area contributed by atoms with Gasteiger partial charge in [0.1, 0.15) is 6.10 Å². The van der Waals surface area contributed by atoms with E-state index in [0.29, 0.717) is 0 Å². The monoisotopic (exact) mass is 376 g/mol. The molecule has 1 aliphatic carbocycles. The lowest BCUT2D eigenvalue weighted by molar-refractivity contribution is -0.433. The van der Waals surface area contributed by atoms with Crippen LogP contribution >= 0.6 is 12.0 Å². The van der Waals surface area contributed by atoms with Crippen LogP contribution in [-0.2, 0) is 18.9 Å².